The van der Waals surface area contributed by atoms with Crippen molar-refractivity contribution in [3.05, 3.63) is 107 Å². The lowest BCUT2D eigenvalue weighted by molar-refractivity contribution is 0.0697. The van der Waals surface area contributed by atoms with Gasteiger partial charge in [0.15, 0.2) is 5.11 Å². The zero-order valence-corrected chi connectivity index (χ0v) is 23.1. The number of carbonyl (C=O) groups is 1. The molecule has 0 bridgehead atoms. The molecule has 0 radical (unpaired) electrons. The number of rotatable bonds is 7. The molecule has 2 atom stereocenters. The third-order valence-corrected chi connectivity index (χ3v) is 7.63. The van der Waals surface area contributed by atoms with Crippen molar-refractivity contribution in [3.8, 4) is 5.69 Å². The molecule has 3 heterocycles. The molecule has 2 aromatic carbocycles. The lowest BCUT2D eigenvalue weighted by atomic mass is 9.96. The summed E-state index contributed by atoms with van der Waals surface area (Å²) in [5.74, 6) is -1.00. The van der Waals surface area contributed by atoms with Crippen molar-refractivity contribution in [1.82, 2.24) is 14.9 Å². The van der Waals surface area contributed by atoms with Crippen LogP contribution in [0.15, 0.2) is 79.0 Å². The van der Waals surface area contributed by atoms with Gasteiger partial charge in [-0.2, -0.15) is 0 Å². The quantitative estimate of drug-likeness (QED) is 0.277. The van der Waals surface area contributed by atoms with Gasteiger partial charge in [0.1, 0.15) is 0 Å². The summed E-state index contributed by atoms with van der Waals surface area (Å²) < 4.78 is 27.8. The van der Waals surface area contributed by atoms with E-state index < -0.39 is 16.0 Å². The average molecular weight is 562 g/mol. The van der Waals surface area contributed by atoms with E-state index >= 15 is 0 Å². The molecule has 1 saturated heterocycles. The molecule has 3 N–H and O–H groups in total. The second-order valence-electron chi connectivity index (χ2n) is 9.40. The van der Waals surface area contributed by atoms with E-state index in [0.29, 0.717) is 16.5 Å². The molecule has 0 aliphatic carbocycles. The Bertz CT molecular complexity index is 1670. The Morgan fingerprint density at radius 2 is 1.74 bits per heavy atom. The predicted molar refractivity (Wildman–Crippen MR) is 155 cm³/mol. The average Bonchev–Trinajstić information content (AvgIpc) is 3.39. The van der Waals surface area contributed by atoms with Crippen molar-refractivity contribution in [1.29, 1.82) is 0 Å². The molecule has 1 fully saturated rings. The van der Waals surface area contributed by atoms with E-state index in [-0.39, 0.29) is 17.6 Å². The Morgan fingerprint density at radius 3 is 2.38 bits per heavy atom. The number of thiocarbonyl (C=S) groups is 1. The number of hydrogen-bond acceptors (Lipinski definition) is 5. The molecular formula is C28H27N5O4S2. The maximum atomic E-state index is 12.0. The third-order valence-electron chi connectivity index (χ3n) is 6.71. The summed E-state index contributed by atoms with van der Waals surface area (Å²) in [7, 11) is -3.42. The number of aryl methyl sites for hydroxylation is 1. The van der Waals surface area contributed by atoms with E-state index in [2.05, 4.69) is 21.1 Å². The minimum atomic E-state index is -3.42. The Hall–Kier alpha value is -4.22. The molecule has 0 amide bonds. The van der Waals surface area contributed by atoms with Gasteiger partial charge in [-0.15, -0.1) is 0 Å². The normalized spacial score (nSPS) is 17.2. The SMILES string of the molecule is Cc1cc([C@H]2[C@@H](c3ccccn3)NC(=S)N2c2ccc(NS(C)(=O)=O)cc2)c(C)n1-c1ccccc1C(=O)O. The number of aromatic carboxylic acids is 1. The number of nitrogens with zero attached hydrogens (tertiary/aromatic N) is 3. The van der Waals surface area contributed by atoms with Gasteiger partial charge in [0, 0.05) is 29.0 Å². The number of sulfonamides is 1. The van der Waals surface area contributed by atoms with Crippen molar-refractivity contribution in [3.63, 3.8) is 0 Å². The lowest BCUT2D eigenvalue weighted by Crippen LogP contribution is -2.29. The summed E-state index contributed by atoms with van der Waals surface area (Å²) in [4.78, 5) is 18.6. The van der Waals surface area contributed by atoms with E-state index in [4.69, 9.17) is 12.2 Å². The van der Waals surface area contributed by atoms with Crippen molar-refractivity contribution < 1.29 is 18.3 Å². The van der Waals surface area contributed by atoms with Crippen LogP contribution >= 0.6 is 12.2 Å². The van der Waals surface area contributed by atoms with Crippen LogP contribution < -0.4 is 14.9 Å². The van der Waals surface area contributed by atoms with Gasteiger partial charge in [-0.1, -0.05) is 18.2 Å². The first kappa shape index (κ1) is 26.4. The van der Waals surface area contributed by atoms with Crippen molar-refractivity contribution in [2.45, 2.75) is 25.9 Å². The topological polar surface area (TPSA) is 117 Å². The number of pyridine rings is 1. The van der Waals surface area contributed by atoms with Gasteiger partial charge in [0.25, 0.3) is 0 Å². The fourth-order valence-electron chi connectivity index (χ4n) is 5.16. The fourth-order valence-corrected chi connectivity index (χ4v) is 6.07. The molecule has 200 valence electrons. The summed E-state index contributed by atoms with van der Waals surface area (Å²) >= 11 is 5.82. The van der Waals surface area contributed by atoms with Crippen LogP contribution in [0.1, 0.15) is 45.1 Å². The fraction of sp³-hybridized carbons (Fsp3) is 0.179. The molecule has 9 nitrogen and oxygen atoms in total. The first-order valence-corrected chi connectivity index (χ1v) is 14.4. The summed E-state index contributed by atoms with van der Waals surface area (Å²) in [6.45, 7) is 3.91. The summed E-state index contributed by atoms with van der Waals surface area (Å²) in [5, 5.41) is 13.8. The van der Waals surface area contributed by atoms with Crippen LogP contribution in [0, 0.1) is 13.8 Å². The van der Waals surface area contributed by atoms with Crippen LogP contribution in [-0.4, -0.2) is 40.4 Å². The second kappa shape index (κ2) is 10.2. The van der Waals surface area contributed by atoms with Gasteiger partial charge in [-0.05, 0) is 86.2 Å². The lowest BCUT2D eigenvalue weighted by Gasteiger charge is -2.28. The van der Waals surface area contributed by atoms with E-state index in [1.54, 1.807) is 36.5 Å². The number of anilines is 2. The first-order valence-electron chi connectivity index (χ1n) is 12.1. The van der Waals surface area contributed by atoms with E-state index in [1.807, 2.05) is 59.7 Å². The molecule has 2 aromatic heterocycles. The zero-order chi connectivity index (χ0) is 27.9. The molecule has 5 rings (SSSR count). The Labute approximate surface area is 232 Å². The number of carboxylic acids is 1. The smallest absolute Gasteiger partial charge is 0.337 e. The second-order valence-corrected chi connectivity index (χ2v) is 11.5. The number of hydrogen-bond donors (Lipinski definition) is 3. The molecule has 1 aliphatic rings. The van der Waals surface area contributed by atoms with E-state index in [1.165, 1.54) is 0 Å². The molecule has 4 aromatic rings. The molecule has 1 aliphatic heterocycles. The van der Waals surface area contributed by atoms with Crippen molar-refractivity contribution in [2.24, 2.45) is 0 Å². The highest BCUT2D eigenvalue weighted by Gasteiger charge is 2.42. The molecule has 39 heavy (non-hydrogen) atoms. The summed E-state index contributed by atoms with van der Waals surface area (Å²) in [6, 6.07) is 21.1. The van der Waals surface area contributed by atoms with Crippen molar-refractivity contribution in [2.75, 3.05) is 15.9 Å². The monoisotopic (exact) mass is 561 g/mol. The highest BCUT2D eigenvalue weighted by Crippen LogP contribution is 2.44. The van der Waals surface area contributed by atoms with Crippen LogP contribution in [0.4, 0.5) is 11.4 Å². The summed E-state index contributed by atoms with van der Waals surface area (Å²) in [6.07, 6.45) is 2.84. The highest BCUT2D eigenvalue weighted by molar-refractivity contribution is 7.92. The standard InChI is InChI=1S/C28H27N5O4S2/c1-17-16-22(18(2)32(17)24-10-5-4-8-21(24)27(34)35)26-25(23-9-6-7-15-29-23)30-28(38)33(26)20-13-11-19(12-14-20)31-39(3,36)37/h4-16,25-26,31H,1-3H3,(H,30,38)(H,34,35)/t25-,26+/m1/s1. The third kappa shape index (κ3) is 5.10. The molecule has 0 unspecified atom stereocenters. The number of carboxylic acid groups (broad SMARTS) is 1. The zero-order valence-electron chi connectivity index (χ0n) is 21.5. The van der Waals surface area contributed by atoms with Crippen molar-refractivity contribution >= 4 is 44.7 Å². The molecule has 0 spiro atoms. The van der Waals surface area contributed by atoms with Gasteiger partial charge in [-0.25, -0.2) is 13.2 Å². The highest BCUT2D eigenvalue weighted by atomic mass is 32.2. The van der Waals surface area contributed by atoms with Crippen LogP contribution in [0.5, 0.6) is 0 Å². The maximum Gasteiger partial charge on any atom is 0.337 e. The minimum Gasteiger partial charge on any atom is -0.478 e. The number of nitrogens with one attached hydrogen (secondary N) is 2. The summed E-state index contributed by atoms with van der Waals surface area (Å²) in [5.41, 5.74) is 5.51. The van der Waals surface area contributed by atoms with Gasteiger partial charge in [0.2, 0.25) is 10.0 Å². The van der Waals surface area contributed by atoms with Crippen LogP contribution in [0.3, 0.4) is 0 Å². The molecule has 11 heteroatoms. The Kier molecular flexibility index (Phi) is 6.87. The minimum absolute atomic E-state index is 0.206. The van der Waals surface area contributed by atoms with Gasteiger partial charge >= 0.3 is 5.97 Å². The van der Waals surface area contributed by atoms with Gasteiger partial charge in [-0.3, -0.25) is 9.71 Å². The molecular weight excluding hydrogens is 534 g/mol. The van der Waals surface area contributed by atoms with E-state index in [9.17, 15) is 18.3 Å². The van der Waals surface area contributed by atoms with Crippen LogP contribution in [0.2, 0.25) is 0 Å². The first-order chi connectivity index (χ1) is 18.5. The van der Waals surface area contributed by atoms with Crippen LogP contribution in [-0.2, 0) is 10.0 Å². The van der Waals surface area contributed by atoms with E-state index in [0.717, 1.165) is 34.6 Å². The largest absolute Gasteiger partial charge is 0.478 e. The Morgan fingerprint density at radius 1 is 1.05 bits per heavy atom. The molecule has 0 saturated carbocycles. The number of benzene rings is 2. The van der Waals surface area contributed by atoms with Gasteiger partial charge in [0.05, 0.1) is 35.3 Å². The number of para-hydroxylation sites is 1. The van der Waals surface area contributed by atoms with Crippen LogP contribution in [0.25, 0.3) is 5.69 Å². The Balaban J connectivity index is 1.65. The number of aromatic nitrogens is 2. The maximum absolute atomic E-state index is 12.0. The van der Waals surface area contributed by atoms with Gasteiger partial charge < -0.3 is 19.9 Å². The predicted octanol–water partition coefficient (Wildman–Crippen LogP) is 4.74.